The highest BCUT2D eigenvalue weighted by Crippen LogP contribution is 2.29. The molecule has 2 aromatic rings. The first-order valence-electron chi connectivity index (χ1n) is 6.52. The van der Waals surface area contributed by atoms with E-state index in [1.54, 1.807) is 20.0 Å². The number of rotatable bonds is 5. The van der Waals surface area contributed by atoms with E-state index in [2.05, 4.69) is 4.98 Å². The normalized spacial score (nSPS) is 10.4. The number of anilines is 1. The minimum Gasteiger partial charge on any atom is -0.480 e. The maximum atomic E-state index is 12.1. The van der Waals surface area contributed by atoms with Gasteiger partial charge in [-0.25, -0.2) is 4.79 Å². The van der Waals surface area contributed by atoms with E-state index < -0.39 is 11.9 Å². The van der Waals surface area contributed by atoms with Gasteiger partial charge in [-0.3, -0.25) is 9.78 Å². The molecule has 110 valence electrons. The zero-order valence-electron chi connectivity index (χ0n) is 11.9. The summed E-state index contributed by atoms with van der Waals surface area (Å²) in [4.78, 5) is 28.8. The van der Waals surface area contributed by atoms with Crippen molar-refractivity contribution in [3.8, 4) is 0 Å². The number of ether oxygens (including phenoxy) is 1. The van der Waals surface area contributed by atoms with Gasteiger partial charge in [-0.05, 0) is 13.0 Å². The van der Waals surface area contributed by atoms with Crippen molar-refractivity contribution in [2.75, 3.05) is 25.1 Å². The van der Waals surface area contributed by atoms with Crippen molar-refractivity contribution >= 4 is 28.5 Å². The number of para-hydroxylation sites is 1. The lowest BCUT2D eigenvalue weighted by molar-refractivity contribution is -0.135. The van der Waals surface area contributed by atoms with Crippen LogP contribution in [0.15, 0.2) is 30.5 Å². The Morgan fingerprint density at radius 2 is 2.05 bits per heavy atom. The zero-order valence-corrected chi connectivity index (χ0v) is 11.9. The molecule has 1 aromatic heterocycles. The third kappa shape index (κ3) is 3.10. The highest BCUT2D eigenvalue weighted by molar-refractivity contribution is 6.05. The number of likely N-dealkylation sites (N-methyl/N-ethyl adjacent to an activating group) is 1. The topological polar surface area (TPSA) is 79.7 Å². The molecule has 2 rings (SSSR count). The van der Waals surface area contributed by atoms with Crippen molar-refractivity contribution in [3.05, 3.63) is 36.0 Å². The summed E-state index contributed by atoms with van der Waals surface area (Å²) in [6.45, 7) is 1.74. The van der Waals surface area contributed by atoms with Crippen LogP contribution >= 0.6 is 0 Å². The van der Waals surface area contributed by atoms with E-state index >= 15 is 0 Å². The summed E-state index contributed by atoms with van der Waals surface area (Å²) >= 11 is 0. The number of carboxylic acid groups (broad SMARTS) is 1. The van der Waals surface area contributed by atoms with E-state index in [4.69, 9.17) is 9.84 Å². The average Bonchev–Trinajstić information content (AvgIpc) is 2.45. The van der Waals surface area contributed by atoms with Crippen molar-refractivity contribution in [1.82, 2.24) is 4.98 Å². The molecule has 0 bridgehead atoms. The first kappa shape index (κ1) is 14.8. The first-order valence-corrected chi connectivity index (χ1v) is 6.52. The van der Waals surface area contributed by atoms with E-state index in [9.17, 15) is 9.59 Å². The van der Waals surface area contributed by atoms with Crippen molar-refractivity contribution in [2.45, 2.75) is 6.92 Å². The van der Waals surface area contributed by atoms with Gasteiger partial charge in [-0.15, -0.1) is 0 Å². The van der Waals surface area contributed by atoms with Crippen LogP contribution < -0.4 is 4.90 Å². The van der Waals surface area contributed by atoms with Gasteiger partial charge in [0.05, 0.1) is 17.8 Å². The van der Waals surface area contributed by atoms with Gasteiger partial charge in [0.15, 0.2) is 0 Å². The monoisotopic (exact) mass is 288 g/mol. The maximum absolute atomic E-state index is 12.1. The fourth-order valence-electron chi connectivity index (χ4n) is 2.18. The van der Waals surface area contributed by atoms with Gasteiger partial charge < -0.3 is 14.7 Å². The molecule has 1 heterocycles. The molecule has 1 aromatic carbocycles. The number of carbonyl (C=O) groups is 2. The van der Waals surface area contributed by atoms with Crippen molar-refractivity contribution in [3.63, 3.8) is 0 Å². The number of hydrogen-bond donors (Lipinski definition) is 1. The van der Waals surface area contributed by atoms with Crippen LogP contribution in [0.5, 0.6) is 0 Å². The summed E-state index contributed by atoms with van der Waals surface area (Å²) < 4.78 is 5.02. The van der Waals surface area contributed by atoms with Crippen LogP contribution in [0.3, 0.4) is 0 Å². The number of benzene rings is 1. The Morgan fingerprint density at radius 1 is 1.33 bits per heavy atom. The Bertz CT molecular complexity index is 684. The Kier molecular flexibility index (Phi) is 4.37. The number of carbonyl (C=O) groups excluding carboxylic acids is 1. The molecular weight excluding hydrogens is 272 g/mol. The molecule has 6 heteroatoms. The fraction of sp³-hybridized carbons (Fsp3) is 0.267. The lowest BCUT2D eigenvalue weighted by Crippen LogP contribution is -2.27. The number of carboxylic acids is 1. The van der Waals surface area contributed by atoms with E-state index in [0.29, 0.717) is 16.6 Å². The van der Waals surface area contributed by atoms with Crippen molar-refractivity contribution in [2.24, 2.45) is 0 Å². The van der Waals surface area contributed by atoms with Crippen LogP contribution in [-0.4, -0.2) is 42.2 Å². The summed E-state index contributed by atoms with van der Waals surface area (Å²) in [5.41, 5.74) is 1.47. The quantitative estimate of drug-likeness (QED) is 0.847. The molecule has 0 saturated heterocycles. The number of aliphatic carboxylic acids is 1. The molecule has 0 spiro atoms. The van der Waals surface area contributed by atoms with E-state index in [-0.39, 0.29) is 18.7 Å². The molecule has 0 aliphatic rings. The summed E-state index contributed by atoms with van der Waals surface area (Å²) in [5, 5.41) is 9.69. The highest BCUT2D eigenvalue weighted by atomic mass is 16.5. The van der Waals surface area contributed by atoms with Crippen molar-refractivity contribution in [1.29, 1.82) is 0 Å². The second-order valence-corrected chi connectivity index (χ2v) is 4.51. The summed E-state index contributed by atoms with van der Waals surface area (Å²) in [7, 11) is 1.62. The van der Waals surface area contributed by atoms with E-state index in [1.807, 2.05) is 18.2 Å². The molecule has 21 heavy (non-hydrogen) atoms. The van der Waals surface area contributed by atoms with Crippen LogP contribution in [0.2, 0.25) is 0 Å². The molecule has 6 nitrogen and oxygen atoms in total. The molecule has 1 N–H and O–H groups in total. The number of nitrogens with zero attached hydrogens (tertiary/aromatic N) is 2. The number of fused-ring (bicyclic) bond motifs is 1. The Morgan fingerprint density at radius 3 is 2.71 bits per heavy atom. The number of pyridine rings is 1. The van der Waals surface area contributed by atoms with Gasteiger partial charge in [-0.1, -0.05) is 18.2 Å². The Labute approximate surface area is 122 Å². The Balaban J connectivity index is 2.62. The molecule has 0 radical (unpaired) electrons. The maximum Gasteiger partial charge on any atom is 0.341 e. The van der Waals surface area contributed by atoms with Gasteiger partial charge in [0, 0.05) is 18.6 Å². The molecule has 0 unspecified atom stereocenters. The number of esters is 1. The molecule has 0 fully saturated rings. The van der Waals surface area contributed by atoms with Gasteiger partial charge in [-0.2, -0.15) is 0 Å². The minimum absolute atomic E-state index is 0.222. The standard InChI is InChI=1S/C15H16N2O4/c1-3-21-15(20)11-8-16-12-7-5-4-6-10(12)14(11)17(2)9-13(18)19/h4-8H,3,9H2,1-2H3,(H,18,19). The highest BCUT2D eigenvalue weighted by Gasteiger charge is 2.20. The van der Waals surface area contributed by atoms with Gasteiger partial charge in [0.2, 0.25) is 0 Å². The fourth-order valence-corrected chi connectivity index (χ4v) is 2.18. The van der Waals surface area contributed by atoms with E-state index in [1.165, 1.54) is 11.1 Å². The second kappa shape index (κ2) is 6.21. The van der Waals surface area contributed by atoms with Crippen LogP contribution in [0.25, 0.3) is 10.9 Å². The molecule has 0 aliphatic carbocycles. The lowest BCUT2D eigenvalue weighted by Gasteiger charge is -2.21. The van der Waals surface area contributed by atoms with Crippen molar-refractivity contribution < 1.29 is 19.4 Å². The van der Waals surface area contributed by atoms with Crippen LogP contribution in [0, 0.1) is 0 Å². The summed E-state index contributed by atoms with van der Waals surface area (Å²) in [5.74, 6) is -1.49. The predicted molar refractivity (Wildman–Crippen MR) is 78.6 cm³/mol. The summed E-state index contributed by atoms with van der Waals surface area (Å²) in [6, 6.07) is 7.26. The van der Waals surface area contributed by atoms with Gasteiger partial charge in [0.1, 0.15) is 12.1 Å². The first-order chi connectivity index (χ1) is 10.0. The lowest BCUT2D eigenvalue weighted by atomic mass is 10.1. The average molecular weight is 288 g/mol. The third-order valence-corrected chi connectivity index (χ3v) is 3.00. The van der Waals surface area contributed by atoms with Crippen LogP contribution in [0.4, 0.5) is 5.69 Å². The molecular formula is C15H16N2O4. The number of hydrogen-bond acceptors (Lipinski definition) is 5. The van der Waals surface area contributed by atoms with Crippen LogP contribution in [0.1, 0.15) is 17.3 Å². The van der Waals surface area contributed by atoms with E-state index in [0.717, 1.165) is 0 Å². The second-order valence-electron chi connectivity index (χ2n) is 4.51. The smallest absolute Gasteiger partial charge is 0.341 e. The zero-order chi connectivity index (χ0) is 15.4. The third-order valence-electron chi connectivity index (χ3n) is 3.00. The number of aromatic nitrogens is 1. The minimum atomic E-state index is -0.979. The predicted octanol–water partition coefficient (Wildman–Crippen LogP) is 1.93. The molecule has 0 aliphatic heterocycles. The molecule has 0 saturated carbocycles. The molecule has 0 atom stereocenters. The molecule has 0 amide bonds. The van der Waals surface area contributed by atoms with Gasteiger partial charge in [0.25, 0.3) is 0 Å². The van der Waals surface area contributed by atoms with Crippen LogP contribution in [-0.2, 0) is 9.53 Å². The summed E-state index contributed by atoms with van der Waals surface area (Å²) in [6.07, 6.45) is 1.42. The Hall–Kier alpha value is -2.63. The van der Waals surface area contributed by atoms with Gasteiger partial charge >= 0.3 is 11.9 Å². The SMILES string of the molecule is CCOC(=O)c1cnc2ccccc2c1N(C)CC(=O)O. The largest absolute Gasteiger partial charge is 0.480 e.